The third-order valence-corrected chi connectivity index (χ3v) is 0.112. The number of hydrogen-bond donors (Lipinski definition) is 0. The molecule has 0 spiro atoms. The van der Waals surface area contributed by atoms with Gasteiger partial charge in [0.2, 0.25) is 0 Å². The molecule has 0 fully saturated rings. The zero-order chi connectivity index (χ0) is 5.41. The SMILES string of the molecule is [CH2-]CC#N.[Zn+][I]. The Labute approximate surface area is 59.0 Å². The van der Waals surface area contributed by atoms with Gasteiger partial charge >= 0.3 is 34.5 Å². The van der Waals surface area contributed by atoms with Gasteiger partial charge in [0.1, 0.15) is 0 Å². The third kappa shape index (κ3) is 21.1. The molecule has 6 heavy (non-hydrogen) atoms. The van der Waals surface area contributed by atoms with Crippen LogP contribution in [0.5, 0.6) is 0 Å². The minimum absolute atomic E-state index is 0.375. The molecule has 0 unspecified atom stereocenters. The van der Waals surface area contributed by atoms with Crippen molar-refractivity contribution >= 4 is 19.8 Å². The summed E-state index contributed by atoms with van der Waals surface area (Å²) in [6, 6.07) is 1.82. The summed E-state index contributed by atoms with van der Waals surface area (Å²) in [5, 5.41) is 7.56. The van der Waals surface area contributed by atoms with Crippen LogP contribution in [0.4, 0.5) is 0 Å². The second-order valence-electron chi connectivity index (χ2n) is 0.408. The number of nitriles is 1. The average molecular weight is 246 g/mol. The van der Waals surface area contributed by atoms with Crippen molar-refractivity contribution in [3.63, 3.8) is 0 Å². The van der Waals surface area contributed by atoms with Crippen LogP contribution in [0.1, 0.15) is 6.42 Å². The molecule has 0 N–H and O–H groups in total. The molecule has 30 valence electrons. The summed E-state index contributed by atoms with van der Waals surface area (Å²) in [5.74, 6) is 0. The molecule has 0 aliphatic carbocycles. The van der Waals surface area contributed by atoms with Gasteiger partial charge in [0, 0.05) is 6.07 Å². The minimum atomic E-state index is 0.375. The molecule has 0 saturated heterocycles. The molecule has 0 heterocycles. The van der Waals surface area contributed by atoms with Crippen molar-refractivity contribution in [3.05, 3.63) is 6.92 Å². The Bertz CT molecular complexity index is 40.5. The van der Waals surface area contributed by atoms with Crippen molar-refractivity contribution < 1.29 is 14.8 Å². The molecule has 0 aromatic rings. The molecule has 3 heteroatoms. The van der Waals surface area contributed by atoms with Gasteiger partial charge in [0.05, 0.1) is 0 Å². The standard InChI is InChI=1S/C3H4N.HI.Zn/c1-2-3-4;;/h1-2H2;1H;/q-1;;+2/p-1. The first kappa shape index (κ1) is 9.96. The number of nitrogens with zero attached hydrogens (tertiary/aromatic N) is 1. The van der Waals surface area contributed by atoms with Gasteiger partial charge in [0.25, 0.3) is 0 Å². The van der Waals surface area contributed by atoms with E-state index in [1.165, 1.54) is 14.8 Å². The fourth-order valence-electron chi connectivity index (χ4n) is 0. The van der Waals surface area contributed by atoms with Gasteiger partial charge in [-0.25, -0.2) is 5.26 Å². The van der Waals surface area contributed by atoms with Crippen molar-refractivity contribution in [1.29, 1.82) is 5.26 Å². The summed E-state index contributed by atoms with van der Waals surface area (Å²) in [4.78, 5) is 0. The Morgan fingerprint density at radius 1 is 1.83 bits per heavy atom. The van der Waals surface area contributed by atoms with Crippen molar-refractivity contribution in [2.45, 2.75) is 6.42 Å². The van der Waals surface area contributed by atoms with E-state index in [1.807, 2.05) is 6.07 Å². The van der Waals surface area contributed by atoms with Gasteiger partial charge in [-0.05, 0) is 0 Å². The molecule has 0 saturated carbocycles. The van der Waals surface area contributed by atoms with Gasteiger partial charge in [-0.15, -0.1) is 0 Å². The van der Waals surface area contributed by atoms with Gasteiger partial charge in [-0.2, -0.15) is 0 Å². The van der Waals surface area contributed by atoms with Crippen LogP contribution in [0.25, 0.3) is 0 Å². The summed E-state index contributed by atoms with van der Waals surface area (Å²) in [5.41, 5.74) is 0. The number of halogens is 1. The van der Waals surface area contributed by atoms with Gasteiger partial charge in [0.15, 0.2) is 0 Å². The van der Waals surface area contributed by atoms with E-state index in [9.17, 15) is 0 Å². The maximum absolute atomic E-state index is 7.56. The molecule has 0 radical (unpaired) electrons. The van der Waals surface area contributed by atoms with Crippen LogP contribution in [0.2, 0.25) is 0 Å². The van der Waals surface area contributed by atoms with Crippen LogP contribution in [-0.4, -0.2) is 0 Å². The molecule has 0 atom stereocenters. The van der Waals surface area contributed by atoms with Crippen molar-refractivity contribution in [1.82, 2.24) is 0 Å². The average Bonchev–Trinajstić information content (AvgIpc) is 1.72. The van der Waals surface area contributed by atoms with Crippen molar-refractivity contribution in [2.75, 3.05) is 0 Å². The van der Waals surface area contributed by atoms with Crippen LogP contribution in [0.3, 0.4) is 0 Å². The first-order valence-corrected chi connectivity index (χ1v) is 10.4. The van der Waals surface area contributed by atoms with Gasteiger partial charge < -0.3 is 6.92 Å². The van der Waals surface area contributed by atoms with Crippen LogP contribution in [0, 0.1) is 18.3 Å². The predicted octanol–water partition coefficient (Wildman–Crippen LogP) is 1.62. The summed E-state index contributed by atoms with van der Waals surface area (Å²) < 4.78 is 0. The quantitative estimate of drug-likeness (QED) is 0.362. The molecule has 1 nitrogen and oxygen atoms in total. The fraction of sp³-hybridized carbons (Fsp3) is 0.333. The number of rotatable bonds is 0. The summed E-state index contributed by atoms with van der Waals surface area (Å²) in [6.07, 6.45) is 0.375. The van der Waals surface area contributed by atoms with Crippen molar-refractivity contribution in [2.24, 2.45) is 0 Å². The monoisotopic (exact) mass is 245 g/mol. The summed E-state index contributed by atoms with van der Waals surface area (Å²) in [6.45, 7) is 3.24. The molecule has 0 aromatic carbocycles. The van der Waals surface area contributed by atoms with E-state index in [0.717, 1.165) is 0 Å². The first-order chi connectivity index (χ1) is 2.91. The zero-order valence-corrected chi connectivity index (χ0v) is 8.57. The molecular weight excluding hydrogens is 242 g/mol. The second kappa shape index (κ2) is 17.0. The van der Waals surface area contributed by atoms with E-state index >= 15 is 0 Å². The zero-order valence-electron chi connectivity index (χ0n) is 3.45. The molecule has 0 amide bonds. The van der Waals surface area contributed by atoms with E-state index in [4.69, 9.17) is 5.26 Å². The molecule has 0 aromatic heterocycles. The second-order valence-corrected chi connectivity index (χ2v) is 0.408. The topological polar surface area (TPSA) is 23.8 Å². The third-order valence-electron chi connectivity index (χ3n) is 0.112. The Morgan fingerprint density at radius 3 is 2.00 bits per heavy atom. The molecule has 0 rings (SSSR count). The van der Waals surface area contributed by atoms with Crippen LogP contribution in [-0.2, 0) is 14.8 Å². The Balaban J connectivity index is 0. The van der Waals surface area contributed by atoms with E-state index < -0.39 is 0 Å². The van der Waals surface area contributed by atoms with Crippen LogP contribution in [0.15, 0.2) is 0 Å². The Hall–Kier alpha value is 0.843. The fourth-order valence-corrected chi connectivity index (χ4v) is 0. The number of hydrogen-bond acceptors (Lipinski definition) is 1. The predicted molar refractivity (Wildman–Crippen MR) is 29.6 cm³/mol. The van der Waals surface area contributed by atoms with Crippen LogP contribution >= 0.6 is 19.8 Å². The van der Waals surface area contributed by atoms with E-state index in [2.05, 4.69) is 26.7 Å². The van der Waals surface area contributed by atoms with Crippen LogP contribution < -0.4 is 0 Å². The van der Waals surface area contributed by atoms with Gasteiger partial charge in [-0.1, -0.05) is 6.42 Å². The molecule has 0 aliphatic rings. The van der Waals surface area contributed by atoms with E-state index in [-0.39, 0.29) is 0 Å². The molecule has 0 aliphatic heterocycles. The Morgan fingerprint density at radius 2 is 2.00 bits per heavy atom. The van der Waals surface area contributed by atoms with Crippen molar-refractivity contribution in [3.8, 4) is 6.07 Å². The normalized spacial score (nSPS) is 4.50. The first-order valence-electron chi connectivity index (χ1n) is 1.34. The summed E-state index contributed by atoms with van der Waals surface area (Å²) >= 11 is 3.62. The summed E-state index contributed by atoms with van der Waals surface area (Å²) in [7, 11) is 0. The van der Waals surface area contributed by atoms with E-state index in [1.54, 1.807) is 0 Å². The molecule has 0 bridgehead atoms. The maximum atomic E-state index is 7.56. The Kier molecular flexibility index (Phi) is 28.1. The van der Waals surface area contributed by atoms with Gasteiger partial charge in [-0.3, -0.25) is 0 Å². The molecular formula is C3H4INZn. The van der Waals surface area contributed by atoms with E-state index in [0.29, 0.717) is 6.42 Å².